The predicted octanol–water partition coefficient (Wildman–Crippen LogP) is 4.95. The molecule has 1 amide bonds. The molecule has 1 aromatic heterocycles. The van der Waals surface area contributed by atoms with E-state index in [1.807, 2.05) is 30.1 Å². The van der Waals surface area contributed by atoms with Crippen molar-refractivity contribution in [3.05, 3.63) is 65.5 Å². The zero-order valence-electron chi connectivity index (χ0n) is 17.4. The van der Waals surface area contributed by atoms with Crippen molar-refractivity contribution in [3.8, 4) is 0 Å². The zero-order valence-corrected chi connectivity index (χ0v) is 17.4. The lowest BCUT2D eigenvalue weighted by Gasteiger charge is -2.55. The van der Waals surface area contributed by atoms with Crippen LogP contribution in [0.25, 0.3) is 11.0 Å². The zero-order chi connectivity index (χ0) is 20.1. The highest BCUT2D eigenvalue weighted by molar-refractivity contribution is 5.97. The fraction of sp³-hybridized carbons (Fsp3) is 0.417. The van der Waals surface area contributed by atoms with Gasteiger partial charge in [-0.3, -0.25) is 4.79 Å². The number of fused-ring (bicyclic) bond motifs is 2. The van der Waals surface area contributed by atoms with Crippen LogP contribution in [0.3, 0.4) is 0 Å². The van der Waals surface area contributed by atoms with Crippen molar-refractivity contribution < 1.29 is 4.79 Å². The van der Waals surface area contributed by atoms with Crippen molar-refractivity contribution in [1.82, 2.24) is 14.9 Å². The van der Waals surface area contributed by atoms with Gasteiger partial charge in [-0.25, -0.2) is 4.98 Å². The number of likely N-dealkylation sites (N-methyl/N-ethyl adjacent to an activating group) is 1. The number of H-pyrrole nitrogens is 1. The highest BCUT2D eigenvalue weighted by atomic mass is 16.2. The van der Waals surface area contributed by atoms with Gasteiger partial charge in [-0.15, -0.1) is 0 Å². The molecule has 0 saturated heterocycles. The fourth-order valence-electron chi connectivity index (χ4n) is 5.10. The first-order chi connectivity index (χ1) is 13.3. The first-order valence-electron chi connectivity index (χ1n) is 10.1. The molecule has 1 aliphatic rings. The quantitative estimate of drug-likeness (QED) is 0.704. The summed E-state index contributed by atoms with van der Waals surface area (Å²) in [7, 11) is 1.95. The highest BCUT2D eigenvalue weighted by Crippen LogP contribution is 2.53. The number of nitrogens with zero attached hydrogens (tertiary/aromatic N) is 2. The van der Waals surface area contributed by atoms with Crippen LogP contribution in [-0.4, -0.2) is 33.9 Å². The van der Waals surface area contributed by atoms with Crippen LogP contribution in [0.2, 0.25) is 0 Å². The highest BCUT2D eigenvalue weighted by Gasteiger charge is 2.52. The maximum Gasteiger partial charge on any atom is 0.253 e. The second-order valence-corrected chi connectivity index (χ2v) is 8.83. The monoisotopic (exact) mass is 375 g/mol. The average molecular weight is 376 g/mol. The molecule has 2 atom stereocenters. The number of rotatable bonds is 3. The van der Waals surface area contributed by atoms with Crippen molar-refractivity contribution in [3.63, 3.8) is 0 Å². The van der Waals surface area contributed by atoms with Crippen LogP contribution < -0.4 is 0 Å². The third-order valence-electron chi connectivity index (χ3n) is 7.44. The Morgan fingerprint density at radius 3 is 2.71 bits per heavy atom. The van der Waals surface area contributed by atoms with Crippen LogP contribution in [-0.2, 0) is 11.8 Å². The number of nitrogens with one attached hydrogen (secondary N) is 1. The first-order valence-corrected chi connectivity index (χ1v) is 10.1. The number of carbonyl (C=O) groups excluding carboxylic acids is 1. The summed E-state index contributed by atoms with van der Waals surface area (Å²) in [6, 6.07) is 14.6. The normalized spacial score (nSPS) is 23.4. The molecule has 2 aromatic carbocycles. The van der Waals surface area contributed by atoms with E-state index in [0.717, 1.165) is 23.9 Å². The second-order valence-electron chi connectivity index (χ2n) is 8.83. The van der Waals surface area contributed by atoms with Gasteiger partial charge in [0.1, 0.15) is 0 Å². The van der Waals surface area contributed by atoms with Crippen LogP contribution in [0, 0.1) is 5.41 Å². The van der Waals surface area contributed by atoms with Crippen molar-refractivity contribution in [2.24, 2.45) is 5.41 Å². The van der Waals surface area contributed by atoms with Crippen LogP contribution in [0.4, 0.5) is 0 Å². The molecule has 4 nitrogen and oxygen atoms in total. The molecule has 0 aliphatic heterocycles. The number of amides is 1. The summed E-state index contributed by atoms with van der Waals surface area (Å²) in [6.07, 6.45) is 3.58. The van der Waals surface area contributed by atoms with Crippen molar-refractivity contribution in [2.45, 2.75) is 52.0 Å². The number of carbonyl (C=O) groups is 1. The third-order valence-corrected chi connectivity index (χ3v) is 7.44. The SMILES string of the molecule is CC[C@@]1(C)c2ccccc2C[C@@H](N(C)C(=O)c2ccc3nc[nH]c3c2)C1(C)C. The Hall–Kier alpha value is -2.62. The molecule has 0 unspecified atom stereocenters. The van der Waals surface area contributed by atoms with Gasteiger partial charge in [0.15, 0.2) is 0 Å². The molecule has 4 rings (SSSR count). The van der Waals surface area contributed by atoms with E-state index in [1.165, 1.54) is 11.1 Å². The largest absolute Gasteiger partial charge is 0.345 e. The molecule has 0 bridgehead atoms. The standard InChI is InChI=1S/C24H29N3O/c1-6-24(4)18-10-8-7-9-16(18)14-21(23(24,2)3)27(5)22(28)17-11-12-19-20(13-17)26-15-25-19/h7-13,15,21H,6,14H2,1-5H3,(H,25,26)/t21-,24+/m1/s1. The van der Waals surface area contributed by atoms with E-state index in [0.29, 0.717) is 5.56 Å². The minimum Gasteiger partial charge on any atom is -0.345 e. The lowest BCUT2D eigenvalue weighted by molar-refractivity contribution is 0.0225. The number of hydrogen-bond acceptors (Lipinski definition) is 2. The van der Waals surface area contributed by atoms with Crippen molar-refractivity contribution in [1.29, 1.82) is 0 Å². The van der Waals surface area contributed by atoms with Gasteiger partial charge >= 0.3 is 0 Å². The Balaban J connectivity index is 1.74. The van der Waals surface area contributed by atoms with Gasteiger partial charge in [0.05, 0.1) is 17.4 Å². The van der Waals surface area contributed by atoms with Gasteiger partial charge in [-0.1, -0.05) is 52.0 Å². The summed E-state index contributed by atoms with van der Waals surface area (Å²) in [6.45, 7) is 9.25. The number of benzene rings is 2. The van der Waals surface area contributed by atoms with Gasteiger partial charge in [0.2, 0.25) is 0 Å². The smallest absolute Gasteiger partial charge is 0.253 e. The summed E-state index contributed by atoms with van der Waals surface area (Å²) in [5.41, 5.74) is 5.22. The molecule has 28 heavy (non-hydrogen) atoms. The Morgan fingerprint density at radius 1 is 1.21 bits per heavy atom. The van der Waals surface area contributed by atoms with E-state index in [4.69, 9.17) is 0 Å². The van der Waals surface area contributed by atoms with Gasteiger partial charge < -0.3 is 9.88 Å². The average Bonchev–Trinajstić information content (AvgIpc) is 3.17. The third kappa shape index (κ3) is 2.58. The number of aromatic nitrogens is 2. The van der Waals surface area contributed by atoms with E-state index in [9.17, 15) is 4.79 Å². The van der Waals surface area contributed by atoms with E-state index in [1.54, 1.807) is 6.33 Å². The summed E-state index contributed by atoms with van der Waals surface area (Å²) in [5.74, 6) is 0.0624. The first kappa shape index (κ1) is 18.7. The van der Waals surface area contributed by atoms with Crippen molar-refractivity contribution >= 4 is 16.9 Å². The summed E-state index contributed by atoms with van der Waals surface area (Å²) >= 11 is 0. The Morgan fingerprint density at radius 2 is 1.96 bits per heavy atom. The van der Waals surface area contributed by atoms with Crippen LogP contribution in [0.5, 0.6) is 0 Å². The van der Waals surface area contributed by atoms with E-state index >= 15 is 0 Å². The molecule has 146 valence electrons. The number of hydrogen-bond donors (Lipinski definition) is 1. The molecule has 4 heteroatoms. The van der Waals surface area contributed by atoms with Gasteiger partial charge in [0.25, 0.3) is 5.91 Å². The number of aromatic amines is 1. The molecule has 0 spiro atoms. The van der Waals surface area contributed by atoms with Gasteiger partial charge in [-0.05, 0) is 53.0 Å². The lowest BCUT2D eigenvalue weighted by Crippen LogP contribution is -2.58. The second kappa shape index (κ2) is 6.47. The van der Waals surface area contributed by atoms with E-state index in [2.05, 4.69) is 61.9 Å². The van der Waals surface area contributed by atoms with Crippen LogP contribution in [0.15, 0.2) is 48.8 Å². The minimum absolute atomic E-state index is 0.00831. The Kier molecular flexibility index (Phi) is 4.33. The fourth-order valence-corrected chi connectivity index (χ4v) is 5.10. The van der Waals surface area contributed by atoms with Crippen molar-refractivity contribution in [2.75, 3.05) is 7.05 Å². The maximum atomic E-state index is 13.4. The molecule has 1 heterocycles. The molecular weight excluding hydrogens is 346 g/mol. The summed E-state index contributed by atoms with van der Waals surface area (Å²) < 4.78 is 0. The Bertz CT molecular complexity index is 1040. The molecule has 0 saturated carbocycles. The topological polar surface area (TPSA) is 49.0 Å². The number of imidazole rings is 1. The van der Waals surface area contributed by atoms with E-state index in [-0.39, 0.29) is 22.8 Å². The summed E-state index contributed by atoms with van der Waals surface area (Å²) in [5, 5.41) is 0. The van der Waals surface area contributed by atoms with E-state index < -0.39 is 0 Å². The predicted molar refractivity (Wildman–Crippen MR) is 114 cm³/mol. The lowest BCUT2D eigenvalue weighted by atomic mass is 9.53. The Labute approximate surface area is 167 Å². The van der Waals surface area contributed by atoms with Gasteiger partial charge in [-0.2, -0.15) is 0 Å². The minimum atomic E-state index is -0.0569. The molecule has 3 aromatic rings. The molecule has 0 fully saturated rings. The maximum absolute atomic E-state index is 13.4. The molecule has 1 N–H and O–H groups in total. The van der Waals surface area contributed by atoms with Crippen LogP contribution >= 0.6 is 0 Å². The molecule has 1 aliphatic carbocycles. The molecular formula is C24H29N3O. The van der Waals surface area contributed by atoms with Gasteiger partial charge in [0, 0.05) is 18.7 Å². The molecule has 0 radical (unpaired) electrons. The summed E-state index contributed by atoms with van der Waals surface area (Å²) in [4.78, 5) is 22.7. The van der Waals surface area contributed by atoms with Crippen LogP contribution in [0.1, 0.15) is 55.6 Å².